The van der Waals surface area contributed by atoms with Crippen LogP contribution < -0.4 is 10.6 Å². The Bertz CT molecular complexity index is 1020. The van der Waals surface area contributed by atoms with E-state index in [1.165, 1.54) is 0 Å². The molecule has 2 aliphatic rings. The zero-order valence-electron chi connectivity index (χ0n) is 18.1. The summed E-state index contributed by atoms with van der Waals surface area (Å²) in [6.07, 6.45) is 1.45. The first-order chi connectivity index (χ1) is 14.7. The molecule has 4 rings (SSSR count). The average molecular weight is 425 g/mol. The quantitative estimate of drug-likeness (QED) is 0.670. The van der Waals surface area contributed by atoms with Crippen LogP contribution in [-0.2, 0) is 11.3 Å². The second-order valence-corrected chi connectivity index (χ2v) is 9.01. The lowest BCUT2D eigenvalue weighted by Crippen LogP contribution is -2.43. The van der Waals surface area contributed by atoms with E-state index in [9.17, 15) is 14.7 Å². The Labute approximate surface area is 181 Å². The number of nitrogens with zero attached hydrogens (tertiary/aromatic N) is 2. The molecular weight excluding hydrogens is 396 g/mol. The predicted molar refractivity (Wildman–Crippen MR) is 117 cm³/mol. The third-order valence-corrected chi connectivity index (χ3v) is 5.51. The molecule has 1 atom stereocenters. The second kappa shape index (κ2) is 8.09. The van der Waals surface area contributed by atoms with Crippen molar-refractivity contribution in [3.8, 4) is 17.0 Å². The van der Waals surface area contributed by atoms with Crippen LogP contribution in [0.4, 0.5) is 15.4 Å². The van der Waals surface area contributed by atoms with Gasteiger partial charge in [-0.2, -0.15) is 0 Å². The Morgan fingerprint density at radius 1 is 1.29 bits per heavy atom. The Morgan fingerprint density at radius 2 is 2.06 bits per heavy atom. The van der Waals surface area contributed by atoms with Crippen molar-refractivity contribution >= 4 is 17.9 Å². The Balaban J connectivity index is 1.70. The van der Waals surface area contributed by atoms with Crippen LogP contribution >= 0.6 is 0 Å². The van der Waals surface area contributed by atoms with Gasteiger partial charge in [0.1, 0.15) is 17.2 Å². The molecule has 0 spiro atoms. The number of fused-ring (bicyclic) bond motifs is 1. The number of phenolic OH excluding ortho intramolecular Hbond substituents is 1. The number of hydrogen-bond acceptors (Lipinski definition) is 5. The molecular formula is C23H28N4O4. The Hall–Kier alpha value is -3.29. The van der Waals surface area contributed by atoms with E-state index >= 15 is 0 Å². The number of aromatic nitrogens is 1. The van der Waals surface area contributed by atoms with Crippen molar-refractivity contribution < 1.29 is 19.4 Å². The molecule has 164 valence electrons. The molecule has 0 radical (unpaired) electrons. The molecule has 0 bridgehead atoms. The number of amides is 3. The molecule has 1 unspecified atom stereocenters. The van der Waals surface area contributed by atoms with Gasteiger partial charge in [0, 0.05) is 36.7 Å². The molecule has 2 aromatic rings. The van der Waals surface area contributed by atoms with Crippen LogP contribution in [0.5, 0.6) is 5.75 Å². The molecule has 2 aliphatic heterocycles. The number of ether oxygens (including phenoxy) is 1. The molecule has 3 heterocycles. The number of piperidine rings is 1. The Morgan fingerprint density at radius 3 is 2.81 bits per heavy atom. The highest BCUT2D eigenvalue weighted by molar-refractivity contribution is 5.92. The first-order valence-corrected chi connectivity index (χ1v) is 10.6. The Kier molecular flexibility index (Phi) is 5.47. The van der Waals surface area contributed by atoms with Gasteiger partial charge in [-0.3, -0.25) is 5.32 Å². The number of nitrogens with one attached hydrogen (secondary N) is 2. The first kappa shape index (κ1) is 21.0. The number of carbonyl (C=O) groups is 2. The third-order valence-electron chi connectivity index (χ3n) is 5.51. The first-order valence-electron chi connectivity index (χ1n) is 10.6. The number of phenols is 1. The fourth-order valence-electron chi connectivity index (χ4n) is 4.12. The molecule has 3 amide bonds. The van der Waals surface area contributed by atoms with Crippen LogP contribution in [0.1, 0.15) is 50.7 Å². The molecule has 0 saturated carbocycles. The van der Waals surface area contributed by atoms with Gasteiger partial charge in [0.25, 0.3) is 0 Å². The lowest BCUT2D eigenvalue weighted by molar-refractivity contribution is 0.0198. The van der Waals surface area contributed by atoms with E-state index < -0.39 is 5.60 Å². The summed E-state index contributed by atoms with van der Waals surface area (Å²) in [5.74, 6) is 0.688. The van der Waals surface area contributed by atoms with Gasteiger partial charge in [-0.25, -0.2) is 14.6 Å². The number of benzene rings is 1. The summed E-state index contributed by atoms with van der Waals surface area (Å²) in [6.45, 7) is 7.13. The maximum Gasteiger partial charge on any atom is 0.410 e. The SMILES string of the molecule is CC(C)(C)OC(=O)N1CCCC(c2cc(-c3ccccc3O)nc3c2CNC(=O)N3)C1. The molecule has 31 heavy (non-hydrogen) atoms. The summed E-state index contributed by atoms with van der Waals surface area (Å²) in [5.41, 5.74) is 2.56. The van der Waals surface area contributed by atoms with Crippen molar-refractivity contribution in [2.24, 2.45) is 0 Å². The van der Waals surface area contributed by atoms with Gasteiger partial charge in [0.2, 0.25) is 0 Å². The largest absolute Gasteiger partial charge is 0.507 e. The van der Waals surface area contributed by atoms with Crippen LogP contribution in [0.15, 0.2) is 30.3 Å². The molecule has 1 aromatic carbocycles. The summed E-state index contributed by atoms with van der Waals surface area (Å²) in [7, 11) is 0. The maximum absolute atomic E-state index is 12.6. The van der Waals surface area contributed by atoms with Crippen molar-refractivity contribution in [3.05, 3.63) is 41.5 Å². The number of hydrogen-bond donors (Lipinski definition) is 3. The summed E-state index contributed by atoms with van der Waals surface area (Å²) in [4.78, 5) is 30.9. The van der Waals surface area contributed by atoms with Crippen molar-refractivity contribution in [1.29, 1.82) is 0 Å². The monoisotopic (exact) mass is 424 g/mol. The zero-order valence-corrected chi connectivity index (χ0v) is 18.1. The number of para-hydroxylation sites is 1. The van der Waals surface area contributed by atoms with Gasteiger partial charge in [-0.1, -0.05) is 12.1 Å². The minimum Gasteiger partial charge on any atom is -0.507 e. The number of likely N-dealkylation sites (tertiary alicyclic amines) is 1. The van der Waals surface area contributed by atoms with Crippen LogP contribution in [0.2, 0.25) is 0 Å². The van der Waals surface area contributed by atoms with Gasteiger partial charge in [-0.05, 0) is 57.4 Å². The van der Waals surface area contributed by atoms with E-state index in [0.29, 0.717) is 36.7 Å². The van der Waals surface area contributed by atoms with E-state index in [-0.39, 0.29) is 23.8 Å². The number of aromatic hydroxyl groups is 1. The fourth-order valence-corrected chi connectivity index (χ4v) is 4.12. The number of urea groups is 1. The summed E-state index contributed by atoms with van der Waals surface area (Å²) in [6, 6.07) is 8.66. The molecule has 0 aliphatic carbocycles. The van der Waals surface area contributed by atoms with Crippen molar-refractivity contribution in [2.75, 3.05) is 18.4 Å². The summed E-state index contributed by atoms with van der Waals surface area (Å²) < 4.78 is 5.57. The highest BCUT2D eigenvalue weighted by atomic mass is 16.6. The smallest absolute Gasteiger partial charge is 0.410 e. The standard InChI is InChI=1S/C23H28N4O4/c1-23(2,3)31-22(30)27-10-6-7-14(13-27)16-11-18(15-8-4-5-9-19(15)28)25-20-17(16)12-24-21(29)26-20/h4-5,8-9,11,14,28H,6-7,10,12-13H2,1-3H3,(H2,24,25,26,29). The number of rotatable bonds is 2. The zero-order chi connectivity index (χ0) is 22.2. The van der Waals surface area contributed by atoms with E-state index in [1.807, 2.05) is 32.9 Å². The highest BCUT2D eigenvalue weighted by Gasteiger charge is 2.31. The van der Waals surface area contributed by atoms with Gasteiger partial charge in [0.05, 0.1) is 5.69 Å². The topological polar surface area (TPSA) is 104 Å². The third kappa shape index (κ3) is 4.57. The van der Waals surface area contributed by atoms with E-state index in [0.717, 1.165) is 24.0 Å². The lowest BCUT2D eigenvalue weighted by atomic mass is 9.86. The summed E-state index contributed by atoms with van der Waals surface area (Å²) in [5, 5.41) is 15.9. The number of pyridine rings is 1. The fraction of sp³-hybridized carbons (Fsp3) is 0.435. The minimum atomic E-state index is -0.550. The lowest BCUT2D eigenvalue weighted by Gasteiger charge is -2.35. The summed E-state index contributed by atoms with van der Waals surface area (Å²) >= 11 is 0. The van der Waals surface area contributed by atoms with Crippen molar-refractivity contribution in [1.82, 2.24) is 15.2 Å². The van der Waals surface area contributed by atoms with E-state index in [2.05, 4.69) is 15.6 Å². The molecule has 1 saturated heterocycles. The van der Waals surface area contributed by atoms with Crippen LogP contribution in [-0.4, -0.2) is 45.8 Å². The van der Waals surface area contributed by atoms with Gasteiger partial charge in [-0.15, -0.1) is 0 Å². The minimum absolute atomic E-state index is 0.0689. The van der Waals surface area contributed by atoms with Crippen molar-refractivity contribution in [3.63, 3.8) is 0 Å². The van der Waals surface area contributed by atoms with Crippen LogP contribution in [0.3, 0.4) is 0 Å². The second-order valence-electron chi connectivity index (χ2n) is 9.01. The van der Waals surface area contributed by atoms with Crippen molar-refractivity contribution in [2.45, 2.75) is 51.7 Å². The molecule has 1 fully saturated rings. The molecule has 1 aromatic heterocycles. The average Bonchev–Trinajstić information content (AvgIpc) is 2.72. The van der Waals surface area contributed by atoms with E-state index in [4.69, 9.17) is 4.74 Å². The van der Waals surface area contributed by atoms with Gasteiger partial charge >= 0.3 is 12.1 Å². The highest BCUT2D eigenvalue weighted by Crippen LogP contribution is 2.38. The van der Waals surface area contributed by atoms with Gasteiger partial charge in [0.15, 0.2) is 0 Å². The normalized spacial score (nSPS) is 18.6. The number of anilines is 1. The maximum atomic E-state index is 12.6. The van der Waals surface area contributed by atoms with Gasteiger partial charge < -0.3 is 20.1 Å². The van der Waals surface area contributed by atoms with Crippen LogP contribution in [0, 0.1) is 0 Å². The van der Waals surface area contributed by atoms with Crippen LogP contribution in [0.25, 0.3) is 11.3 Å². The molecule has 8 nitrogen and oxygen atoms in total. The molecule has 3 N–H and O–H groups in total. The predicted octanol–water partition coefficient (Wildman–Crippen LogP) is 4.20. The molecule has 8 heteroatoms. The number of carbonyl (C=O) groups excluding carboxylic acids is 2. The van der Waals surface area contributed by atoms with E-state index in [1.54, 1.807) is 23.1 Å².